The van der Waals surface area contributed by atoms with E-state index < -0.39 is 0 Å². The topological polar surface area (TPSA) is 44.5 Å². The van der Waals surface area contributed by atoms with Crippen molar-refractivity contribution in [2.75, 3.05) is 25.6 Å². The van der Waals surface area contributed by atoms with Crippen LogP contribution >= 0.6 is 11.6 Å². The summed E-state index contributed by atoms with van der Waals surface area (Å²) < 4.78 is 10.9. The molecule has 0 bridgehead atoms. The molecule has 1 heterocycles. The molecule has 2 rings (SSSR count). The van der Waals surface area contributed by atoms with Crippen molar-refractivity contribution >= 4 is 17.3 Å². The Hall–Kier alpha value is -0.930. The van der Waals surface area contributed by atoms with Crippen LogP contribution in [0.5, 0.6) is 5.75 Å². The number of ether oxygens (including phenoxy) is 2. The fourth-order valence-electron chi connectivity index (χ4n) is 1.55. The lowest BCUT2D eigenvalue weighted by molar-refractivity contribution is 0.167. The van der Waals surface area contributed by atoms with Gasteiger partial charge in [-0.15, -0.1) is 0 Å². The van der Waals surface area contributed by atoms with Crippen LogP contribution in [0.4, 0.5) is 5.69 Å². The second-order valence-corrected chi connectivity index (χ2v) is 4.14. The van der Waals surface area contributed by atoms with Gasteiger partial charge in [-0.05, 0) is 18.6 Å². The third-order valence-electron chi connectivity index (χ3n) is 2.45. The number of hydrogen-bond acceptors (Lipinski definition) is 3. The Kier molecular flexibility index (Phi) is 3.34. The molecule has 1 saturated heterocycles. The van der Waals surface area contributed by atoms with Crippen molar-refractivity contribution in [1.29, 1.82) is 0 Å². The van der Waals surface area contributed by atoms with Gasteiger partial charge >= 0.3 is 0 Å². The molecule has 0 radical (unpaired) electrons. The molecule has 1 atom stereocenters. The minimum atomic E-state index is 0.475. The molecule has 1 aliphatic rings. The van der Waals surface area contributed by atoms with E-state index in [2.05, 4.69) is 0 Å². The molecule has 0 aliphatic carbocycles. The van der Waals surface area contributed by atoms with Gasteiger partial charge in [0.05, 0.1) is 18.2 Å². The number of nitrogen functional groups attached to an aromatic ring is 1. The Morgan fingerprint density at radius 3 is 3.13 bits per heavy atom. The minimum Gasteiger partial charge on any atom is -0.492 e. The maximum absolute atomic E-state index is 5.97. The van der Waals surface area contributed by atoms with Crippen molar-refractivity contribution in [3.63, 3.8) is 0 Å². The van der Waals surface area contributed by atoms with Crippen LogP contribution in [0.1, 0.15) is 6.42 Å². The van der Waals surface area contributed by atoms with Gasteiger partial charge in [0.15, 0.2) is 0 Å². The van der Waals surface area contributed by atoms with E-state index >= 15 is 0 Å². The SMILES string of the molecule is Nc1ccc(Cl)c(OCC2CCOC2)c1. The molecule has 3 nitrogen and oxygen atoms in total. The molecule has 15 heavy (non-hydrogen) atoms. The molecule has 0 spiro atoms. The van der Waals surface area contributed by atoms with Gasteiger partial charge in [0.2, 0.25) is 0 Å². The first kappa shape index (κ1) is 10.6. The molecule has 1 aromatic rings. The van der Waals surface area contributed by atoms with Gasteiger partial charge in [-0.3, -0.25) is 0 Å². The summed E-state index contributed by atoms with van der Waals surface area (Å²) in [6.45, 7) is 2.25. The van der Waals surface area contributed by atoms with Gasteiger partial charge in [-0.1, -0.05) is 11.6 Å². The molecule has 2 N–H and O–H groups in total. The highest BCUT2D eigenvalue weighted by atomic mass is 35.5. The van der Waals surface area contributed by atoms with Crippen molar-refractivity contribution < 1.29 is 9.47 Å². The monoisotopic (exact) mass is 227 g/mol. The average molecular weight is 228 g/mol. The fraction of sp³-hybridized carbons (Fsp3) is 0.455. The van der Waals surface area contributed by atoms with Crippen LogP contribution in [0, 0.1) is 5.92 Å². The third kappa shape index (κ3) is 2.76. The van der Waals surface area contributed by atoms with Gasteiger partial charge in [-0.25, -0.2) is 0 Å². The van der Waals surface area contributed by atoms with E-state index in [1.807, 2.05) is 0 Å². The van der Waals surface area contributed by atoms with E-state index in [0.717, 1.165) is 19.6 Å². The number of hydrogen-bond donors (Lipinski definition) is 1. The maximum atomic E-state index is 5.97. The number of benzene rings is 1. The molecule has 4 heteroatoms. The first-order valence-electron chi connectivity index (χ1n) is 5.01. The van der Waals surface area contributed by atoms with Crippen LogP contribution in [0.2, 0.25) is 5.02 Å². The Bertz CT molecular complexity index is 337. The smallest absolute Gasteiger partial charge is 0.139 e. The van der Waals surface area contributed by atoms with Crippen LogP contribution in [0.15, 0.2) is 18.2 Å². The van der Waals surface area contributed by atoms with Gasteiger partial charge in [0.25, 0.3) is 0 Å². The normalized spacial score (nSPS) is 20.5. The molecule has 0 saturated carbocycles. The third-order valence-corrected chi connectivity index (χ3v) is 2.77. The van der Waals surface area contributed by atoms with E-state index in [1.54, 1.807) is 18.2 Å². The van der Waals surface area contributed by atoms with Gasteiger partial charge < -0.3 is 15.2 Å². The Morgan fingerprint density at radius 1 is 1.53 bits per heavy atom. The summed E-state index contributed by atoms with van der Waals surface area (Å²) in [6, 6.07) is 5.25. The van der Waals surface area contributed by atoms with Crippen molar-refractivity contribution in [2.45, 2.75) is 6.42 Å². The van der Waals surface area contributed by atoms with Crippen molar-refractivity contribution in [3.8, 4) is 5.75 Å². The van der Waals surface area contributed by atoms with E-state index in [-0.39, 0.29) is 0 Å². The largest absolute Gasteiger partial charge is 0.492 e. The predicted octanol–water partition coefficient (Wildman–Crippen LogP) is 2.34. The quantitative estimate of drug-likeness (QED) is 0.807. The molecule has 1 aromatic carbocycles. The Morgan fingerprint density at radius 2 is 2.40 bits per heavy atom. The van der Waals surface area contributed by atoms with E-state index in [4.69, 9.17) is 26.8 Å². The average Bonchev–Trinajstić information content (AvgIpc) is 2.72. The van der Waals surface area contributed by atoms with Crippen LogP contribution in [-0.2, 0) is 4.74 Å². The van der Waals surface area contributed by atoms with Crippen molar-refractivity contribution in [2.24, 2.45) is 5.92 Å². The van der Waals surface area contributed by atoms with Crippen LogP contribution in [0.3, 0.4) is 0 Å². The first-order valence-corrected chi connectivity index (χ1v) is 5.39. The molecular formula is C11H14ClNO2. The second-order valence-electron chi connectivity index (χ2n) is 3.73. The number of halogens is 1. The van der Waals surface area contributed by atoms with E-state index in [1.165, 1.54) is 0 Å². The molecule has 1 aliphatic heterocycles. The predicted molar refractivity (Wildman–Crippen MR) is 60.3 cm³/mol. The van der Waals surface area contributed by atoms with E-state index in [9.17, 15) is 0 Å². The lowest BCUT2D eigenvalue weighted by atomic mass is 10.1. The standard InChI is InChI=1S/C11H14ClNO2/c12-10-2-1-9(13)5-11(10)15-7-8-3-4-14-6-8/h1-2,5,8H,3-4,6-7,13H2. The molecule has 1 fully saturated rings. The highest BCUT2D eigenvalue weighted by molar-refractivity contribution is 6.32. The van der Waals surface area contributed by atoms with E-state index in [0.29, 0.717) is 29.0 Å². The summed E-state index contributed by atoms with van der Waals surface area (Å²) in [5.74, 6) is 1.13. The summed E-state index contributed by atoms with van der Waals surface area (Å²) in [6.07, 6.45) is 1.06. The van der Waals surface area contributed by atoms with Crippen LogP contribution < -0.4 is 10.5 Å². The van der Waals surface area contributed by atoms with Crippen LogP contribution in [0.25, 0.3) is 0 Å². The summed E-state index contributed by atoms with van der Waals surface area (Å²) in [7, 11) is 0. The van der Waals surface area contributed by atoms with Gasteiger partial charge in [0.1, 0.15) is 5.75 Å². The van der Waals surface area contributed by atoms with Crippen LogP contribution in [-0.4, -0.2) is 19.8 Å². The lowest BCUT2D eigenvalue weighted by Gasteiger charge is -2.11. The zero-order chi connectivity index (χ0) is 10.7. The minimum absolute atomic E-state index is 0.475. The zero-order valence-corrected chi connectivity index (χ0v) is 9.17. The summed E-state index contributed by atoms with van der Waals surface area (Å²) in [5.41, 5.74) is 6.31. The molecule has 0 amide bonds. The molecule has 0 aromatic heterocycles. The number of rotatable bonds is 3. The molecular weight excluding hydrogens is 214 g/mol. The number of anilines is 1. The van der Waals surface area contributed by atoms with Gasteiger partial charge in [-0.2, -0.15) is 0 Å². The van der Waals surface area contributed by atoms with Gasteiger partial charge in [0, 0.05) is 24.3 Å². The lowest BCUT2D eigenvalue weighted by Crippen LogP contribution is -2.11. The van der Waals surface area contributed by atoms with Crippen molar-refractivity contribution in [1.82, 2.24) is 0 Å². The summed E-state index contributed by atoms with van der Waals surface area (Å²) in [5, 5.41) is 0.600. The molecule has 1 unspecified atom stereocenters. The summed E-state index contributed by atoms with van der Waals surface area (Å²) in [4.78, 5) is 0. The Labute approximate surface area is 94.1 Å². The number of nitrogens with two attached hydrogens (primary N) is 1. The highest BCUT2D eigenvalue weighted by Gasteiger charge is 2.16. The first-order chi connectivity index (χ1) is 7.25. The fourth-order valence-corrected chi connectivity index (χ4v) is 1.73. The Balaban J connectivity index is 1.94. The van der Waals surface area contributed by atoms with Crippen molar-refractivity contribution in [3.05, 3.63) is 23.2 Å². The highest BCUT2D eigenvalue weighted by Crippen LogP contribution is 2.27. The molecule has 82 valence electrons. The zero-order valence-electron chi connectivity index (χ0n) is 8.41. The second kappa shape index (κ2) is 4.73. The summed E-state index contributed by atoms with van der Waals surface area (Å²) >= 11 is 5.97. The maximum Gasteiger partial charge on any atom is 0.139 e.